The molecule has 0 aromatic carbocycles. The van der Waals surface area contributed by atoms with E-state index in [0.29, 0.717) is 12.0 Å². The van der Waals surface area contributed by atoms with Gasteiger partial charge in [0.25, 0.3) is 0 Å². The molecular weight excluding hydrogens is 284 g/mol. The Morgan fingerprint density at radius 2 is 2.33 bits per heavy atom. The van der Waals surface area contributed by atoms with Crippen LogP contribution in [0.5, 0.6) is 0 Å². The van der Waals surface area contributed by atoms with Gasteiger partial charge in [0.05, 0.1) is 12.2 Å². The van der Waals surface area contributed by atoms with Crippen LogP contribution in [-0.4, -0.2) is 33.4 Å². The first-order chi connectivity index (χ1) is 10.1. The monoisotopic (exact) mass is 308 g/mol. The smallest absolute Gasteiger partial charge is 0.320 e. The predicted octanol–water partition coefficient (Wildman–Crippen LogP) is 3.26. The second kappa shape index (κ2) is 5.91. The molecule has 1 aromatic heterocycles. The van der Waals surface area contributed by atoms with Crippen molar-refractivity contribution in [2.24, 2.45) is 5.92 Å². The van der Waals surface area contributed by atoms with E-state index < -0.39 is 0 Å². The zero-order valence-corrected chi connectivity index (χ0v) is 13.6. The maximum Gasteiger partial charge on any atom is 0.320 e. The molecule has 0 saturated heterocycles. The summed E-state index contributed by atoms with van der Waals surface area (Å²) in [4.78, 5) is 12.1. The lowest BCUT2D eigenvalue weighted by Crippen LogP contribution is -2.46. The topological polar surface area (TPSA) is 59.0 Å². The number of thioether (sulfide) groups is 1. The molecule has 0 aliphatic heterocycles. The standard InChI is InChI=1S/C15H24N4OS/c1-11(12-4-5-12)19-13(6-9-17-19)18-14(20)16-10-15(21-2)7-3-8-15/h6,9,11-12H,3-5,7-8,10H2,1-2H3,(H2,16,18,20)/t11-/m0/s1. The third-order valence-corrected chi connectivity index (χ3v) is 6.29. The highest BCUT2D eigenvalue weighted by molar-refractivity contribution is 8.00. The van der Waals surface area contributed by atoms with Gasteiger partial charge >= 0.3 is 6.03 Å². The van der Waals surface area contributed by atoms with Crippen LogP contribution < -0.4 is 10.6 Å². The second-order valence-corrected chi connectivity index (χ2v) is 7.56. The molecule has 3 rings (SSSR count). The summed E-state index contributed by atoms with van der Waals surface area (Å²) in [5.41, 5.74) is 0. The lowest BCUT2D eigenvalue weighted by atomic mass is 9.84. The van der Waals surface area contributed by atoms with Crippen LogP contribution in [0.3, 0.4) is 0 Å². The Morgan fingerprint density at radius 1 is 1.57 bits per heavy atom. The number of aromatic nitrogens is 2. The van der Waals surface area contributed by atoms with Gasteiger partial charge in [0.1, 0.15) is 5.82 Å². The van der Waals surface area contributed by atoms with Crippen molar-refractivity contribution in [1.82, 2.24) is 15.1 Å². The Bertz CT molecular complexity index is 502. The molecule has 2 N–H and O–H groups in total. The zero-order chi connectivity index (χ0) is 14.9. The first-order valence-electron chi connectivity index (χ1n) is 7.77. The molecule has 0 spiro atoms. The Labute approximate surface area is 130 Å². The van der Waals surface area contributed by atoms with Crippen molar-refractivity contribution in [2.45, 2.75) is 49.8 Å². The van der Waals surface area contributed by atoms with Crippen molar-refractivity contribution in [3.63, 3.8) is 0 Å². The molecule has 0 unspecified atom stereocenters. The fraction of sp³-hybridized carbons (Fsp3) is 0.733. The summed E-state index contributed by atoms with van der Waals surface area (Å²) in [6.07, 6.45) is 10.1. The van der Waals surface area contributed by atoms with Gasteiger partial charge in [-0.1, -0.05) is 6.42 Å². The predicted molar refractivity (Wildman–Crippen MR) is 86.8 cm³/mol. The number of amides is 2. The fourth-order valence-electron chi connectivity index (χ4n) is 2.94. The largest absolute Gasteiger partial charge is 0.336 e. The Balaban J connectivity index is 1.54. The molecule has 1 aromatic rings. The highest BCUT2D eigenvalue weighted by Gasteiger charge is 2.36. The average Bonchev–Trinajstić information content (AvgIpc) is 3.18. The molecule has 2 fully saturated rings. The number of nitrogens with zero attached hydrogens (tertiary/aromatic N) is 2. The summed E-state index contributed by atoms with van der Waals surface area (Å²) in [5, 5.41) is 10.3. The minimum Gasteiger partial charge on any atom is -0.336 e. The van der Waals surface area contributed by atoms with Gasteiger partial charge in [-0.15, -0.1) is 0 Å². The SMILES string of the molecule is CSC1(CNC(=O)Nc2ccnn2[C@@H](C)C2CC2)CCC1. The van der Waals surface area contributed by atoms with Crippen LogP contribution in [0.1, 0.15) is 45.1 Å². The Morgan fingerprint density at radius 3 is 2.90 bits per heavy atom. The number of anilines is 1. The minimum atomic E-state index is -0.125. The van der Waals surface area contributed by atoms with Gasteiger partial charge < -0.3 is 5.32 Å². The van der Waals surface area contributed by atoms with Crippen LogP contribution in [0.2, 0.25) is 0 Å². The van der Waals surface area contributed by atoms with Crippen LogP contribution in [0.25, 0.3) is 0 Å². The van der Waals surface area contributed by atoms with Gasteiger partial charge in [0.2, 0.25) is 0 Å². The molecular formula is C15H24N4OS. The summed E-state index contributed by atoms with van der Waals surface area (Å²) >= 11 is 1.87. The van der Waals surface area contributed by atoms with E-state index in [-0.39, 0.29) is 10.8 Å². The van der Waals surface area contributed by atoms with E-state index in [4.69, 9.17) is 0 Å². The van der Waals surface area contributed by atoms with Crippen molar-refractivity contribution in [1.29, 1.82) is 0 Å². The number of urea groups is 1. The molecule has 2 saturated carbocycles. The molecule has 0 bridgehead atoms. The Kier molecular flexibility index (Phi) is 4.15. The first kappa shape index (κ1) is 14.8. The third kappa shape index (κ3) is 3.20. The normalized spacial score (nSPS) is 21.4. The van der Waals surface area contributed by atoms with E-state index in [9.17, 15) is 4.79 Å². The van der Waals surface area contributed by atoms with E-state index in [2.05, 4.69) is 28.9 Å². The van der Waals surface area contributed by atoms with E-state index >= 15 is 0 Å². The summed E-state index contributed by atoms with van der Waals surface area (Å²) in [6, 6.07) is 2.10. The second-order valence-electron chi connectivity index (χ2n) is 6.29. The van der Waals surface area contributed by atoms with E-state index in [1.54, 1.807) is 6.20 Å². The van der Waals surface area contributed by atoms with Gasteiger partial charge in [-0.3, -0.25) is 5.32 Å². The first-order valence-corrected chi connectivity index (χ1v) is 8.99. The number of hydrogen-bond acceptors (Lipinski definition) is 3. The third-order valence-electron chi connectivity index (χ3n) is 4.87. The number of rotatable bonds is 6. The van der Waals surface area contributed by atoms with Crippen molar-refractivity contribution < 1.29 is 4.79 Å². The Hall–Kier alpha value is -1.17. The van der Waals surface area contributed by atoms with Gasteiger partial charge in [-0.05, 0) is 44.8 Å². The van der Waals surface area contributed by atoms with E-state index in [1.165, 1.54) is 32.1 Å². The van der Waals surface area contributed by atoms with Crippen LogP contribution in [0.4, 0.5) is 10.6 Å². The molecule has 1 heterocycles. The lowest BCUT2D eigenvalue weighted by molar-refractivity contribution is 0.247. The maximum atomic E-state index is 12.1. The molecule has 2 aliphatic rings. The van der Waals surface area contributed by atoms with Crippen molar-refractivity contribution in [3.8, 4) is 0 Å². The number of nitrogens with one attached hydrogen (secondary N) is 2. The summed E-state index contributed by atoms with van der Waals surface area (Å²) < 4.78 is 2.20. The minimum absolute atomic E-state index is 0.125. The van der Waals surface area contributed by atoms with Crippen LogP contribution >= 0.6 is 11.8 Å². The molecule has 5 nitrogen and oxygen atoms in total. The van der Waals surface area contributed by atoms with Crippen molar-refractivity contribution >= 4 is 23.6 Å². The number of hydrogen-bond donors (Lipinski definition) is 2. The van der Waals surface area contributed by atoms with Crippen LogP contribution in [0, 0.1) is 5.92 Å². The van der Waals surface area contributed by atoms with Crippen molar-refractivity contribution in [3.05, 3.63) is 12.3 Å². The highest BCUT2D eigenvalue weighted by atomic mass is 32.2. The van der Waals surface area contributed by atoms with Crippen molar-refractivity contribution in [2.75, 3.05) is 18.1 Å². The highest BCUT2D eigenvalue weighted by Crippen LogP contribution is 2.42. The van der Waals surface area contributed by atoms with Gasteiger partial charge in [0, 0.05) is 17.4 Å². The zero-order valence-electron chi connectivity index (χ0n) is 12.8. The van der Waals surface area contributed by atoms with Gasteiger partial charge in [-0.2, -0.15) is 16.9 Å². The molecule has 2 amide bonds. The van der Waals surface area contributed by atoms with Gasteiger partial charge in [-0.25, -0.2) is 9.48 Å². The van der Waals surface area contributed by atoms with Crippen LogP contribution in [-0.2, 0) is 0 Å². The van der Waals surface area contributed by atoms with Gasteiger partial charge in [0.15, 0.2) is 0 Å². The summed E-state index contributed by atoms with van der Waals surface area (Å²) in [5.74, 6) is 1.50. The average molecular weight is 308 g/mol. The molecule has 1 atom stereocenters. The molecule has 2 aliphatic carbocycles. The summed E-state index contributed by atoms with van der Waals surface area (Å²) in [6.45, 7) is 2.91. The van der Waals surface area contributed by atoms with Crippen LogP contribution in [0.15, 0.2) is 12.3 Å². The molecule has 116 valence electrons. The maximum absolute atomic E-state index is 12.1. The fourth-order valence-corrected chi connectivity index (χ4v) is 3.86. The van der Waals surface area contributed by atoms with E-state index in [1.807, 2.05) is 22.5 Å². The molecule has 21 heavy (non-hydrogen) atoms. The summed E-state index contributed by atoms with van der Waals surface area (Å²) in [7, 11) is 0. The number of carbonyl (C=O) groups excluding carboxylic acids is 1. The number of carbonyl (C=O) groups is 1. The van der Waals surface area contributed by atoms with E-state index in [0.717, 1.165) is 12.4 Å². The molecule has 6 heteroatoms. The lowest BCUT2D eigenvalue weighted by Gasteiger charge is -2.40. The molecule has 0 radical (unpaired) electrons. The quantitative estimate of drug-likeness (QED) is 0.848.